The molecule has 0 saturated carbocycles. The third kappa shape index (κ3) is 3.35. The van der Waals surface area contributed by atoms with Gasteiger partial charge in [-0.2, -0.15) is 0 Å². The second-order valence-electron chi connectivity index (χ2n) is 3.40. The van der Waals surface area contributed by atoms with Gasteiger partial charge in [0.15, 0.2) is 0 Å². The summed E-state index contributed by atoms with van der Waals surface area (Å²) in [5.74, 6) is 0.304. The molecule has 0 aromatic heterocycles. The van der Waals surface area contributed by atoms with Gasteiger partial charge in [0.2, 0.25) is 0 Å². The van der Waals surface area contributed by atoms with Crippen molar-refractivity contribution in [2.45, 2.75) is 13.8 Å². The number of anilines is 1. The average Bonchev–Trinajstić information content (AvgIpc) is 2.02. The Hall–Kier alpha value is -0.570. The summed E-state index contributed by atoms with van der Waals surface area (Å²) in [6, 6.07) is 5.02. The molecule has 13 heavy (non-hydrogen) atoms. The third-order valence-corrected chi connectivity index (χ3v) is 2.13. The SMILES string of the molecule is CC(C)CNc1ccc(Br)cc1F. The minimum absolute atomic E-state index is 0.213. The molecule has 1 aromatic rings. The van der Waals surface area contributed by atoms with E-state index in [0.717, 1.165) is 11.0 Å². The standard InChI is InChI=1S/C10H13BrFN/c1-7(2)6-13-10-4-3-8(11)5-9(10)12/h3-5,7,13H,6H2,1-2H3. The molecule has 0 aliphatic carbocycles. The van der Waals surface area contributed by atoms with Crippen molar-refractivity contribution in [1.82, 2.24) is 0 Å². The van der Waals surface area contributed by atoms with Crippen LogP contribution < -0.4 is 5.32 Å². The van der Waals surface area contributed by atoms with Crippen molar-refractivity contribution in [3.63, 3.8) is 0 Å². The highest BCUT2D eigenvalue weighted by Gasteiger charge is 2.02. The lowest BCUT2D eigenvalue weighted by Gasteiger charge is -2.09. The maximum Gasteiger partial charge on any atom is 0.147 e. The van der Waals surface area contributed by atoms with Gasteiger partial charge in [0, 0.05) is 11.0 Å². The van der Waals surface area contributed by atoms with Gasteiger partial charge >= 0.3 is 0 Å². The molecule has 1 nitrogen and oxygen atoms in total. The number of hydrogen-bond donors (Lipinski definition) is 1. The summed E-state index contributed by atoms with van der Waals surface area (Å²) in [7, 11) is 0. The molecule has 72 valence electrons. The first-order valence-electron chi connectivity index (χ1n) is 4.28. The van der Waals surface area contributed by atoms with Crippen LogP contribution in [0.3, 0.4) is 0 Å². The highest BCUT2D eigenvalue weighted by Crippen LogP contribution is 2.19. The zero-order chi connectivity index (χ0) is 9.84. The van der Waals surface area contributed by atoms with Crippen LogP contribution in [0.4, 0.5) is 10.1 Å². The van der Waals surface area contributed by atoms with Crippen LogP contribution in [0.1, 0.15) is 13.8 Å². The van der Waals surface area contributed by atoms with E-state index >= 15 is 0 Å². The number of halogens is 2. The molecule has 0 amide bonds. The smallest absolute Gasteiger partial charge is 0.147 e. The molecular weight excluding hydrogens is 233 g/mol. The lowest BCUT2D eigenvalue weighted by atomic mass is 10.2. The summed E-state index contributed by atoms with van der Waals surface area (Å²) in [4.78, 5) is 0. The van der Waals surface area contributed by atoms with Crippen LogP contribution in [0.25, 0.3) is 0 Å². The van der Waals surface area contributed by atoms with Crippen LogP contribution in [0, 0.1) is 11.7 Å². The van der Waals surface area contributed by atoms with E-state index in [0.29, 0.717) is 11.6 Å². The molecule has 0 saturated heterocycles. The normalized spacial score (nSPS) is 10.5. The molecule has 0 unspecified atom stereocenters. The van der Waals surface area contributed by atoms with E-state index < -0.39 is 0 Å². The second-order valence-corrected chi connectivity index (χ2v) is 4.31. The number of benzene rings is 1. The number of rotatable bonds is 3. The molecule has 0 spiro atoms. The molecule has 0 radical (unpaired) electrons. The van der Waals surface area contributed by atoms with Crippen LogP contribution >= 0.6 is 15.9 Å². The van der Waals surface area contributed by atoms with Crippen LogP contribution in [-0.4, -0.2) is 6.54 Å². The maximum absolute atomic E-state index is 13.2. The molecule has 1 N–H and O–H groups in total. The zero-order valence-corrected chi connectivity index (χ0v) is 9.36. The molecule has 0 aliphatic heterocycles. The van der Waals surface area contributed by atoms with Crippen LogP contribution in [0.5, 0.6) is 0 Å². The molecule has 0 aliphatic rings. The van der Waals surface area contributed by atoms with E-state index in [1.54, 1.807) is 6.07 Å². The van der Waals surface area contributed by atoms with Gasteiger partial charge in [0.05, 0.1) is 5.69 Å². The number of hydrogen-bond acceptors (Lipinski definition) is 1. The van der Waals surface area contributed by atoms with E-state index in [1.165, 1.54) is 6.07 Å². The van der Waals surface area contributed by atoms with Crippen molar-refractivity contribution in [2.75, 3.05) is 11.9 Å². The largest absolute Gasteiger partial charge is 0.382 e. The van der Waals surface area contributed by atoms with Gasteiger partial charge in [-0.1, -0.05) is 29.8 Å². The predicted octanol–water partition coefficient (Wildman–Crippen LogP) is 3.66. The van der Waals surface area contributed by atoms with Gasteiger partial charge < -0.3 is 5.32 Å². The molecule has 0 fully saturated rings. The lowest BCUT2D eigenvalue weighted by molar-refractivity contribution is 0.623. The Bertz CT molecular complexity index is 286. The summed E-state index contributed by atoms with van der Waals surface area (Å²) in [6.45, 7) is 4.96. The zero-order valence-electron chi connectivity index (χ0n) is 7.77. The predicted molar refractivity (Wildman–Crippen MR) is 57.4 cm³/mol. The summed E-state index contributed by atoms with van der Waals surface area (Å²) in [5.41, 5.74) is 0.567. The van der Waals surface area contributed by atoms with E-state index in [4.69, 9.17) is 0 Å². The monoisotopic (exact) mass is 245 g/mol. The van der Waals surface area contributed by atoms with Gasteiger partial charge in [-0.05, 0) is 24.1 Å². The van der Waals surface area contributed by atoms with Gasteiger partial charge in [-0.3, -0.25) is 0 Å². The fraction of sp³-hybridized carbons (Fsp3) is 0.400. The number of nitrogens with one attached hydrogen (secondary N) is 1. The fourth-order valence-corrected chi connectivity index (χ4v) is 1.28. The second kappa shape index (κ2) is 4.61. The Morgan fingerprint density at radius 3 is 2.69 bits per heavy atom. The van der Waals surface area contributed by atoms with E-state index in [1.807, 2.05) is 6.07 Å². The van der Waals surface area contributed by atoms with Crippen LogP contribution in [0.15, 0.2) is 22.7 Å². The van der Waals surface area contributed by atoms with Crippen LogP contribution in [0.2, 0.25) is 0 Å². The highest BCUT2D eigenvalue weighted by atomic mass is 79.9. The molecule has 3 heteroatoms. The first-order chi connectivity index (χ1) is 6.09. The van der Waals surface area contributed by atoms with Crippen LogP contribution in [-0.2, 0) is 0 Å². The topological polar surface area (TPSA) is 12.0 Å². The van der Waals surface area contributed by atoms with Crippen molar-refractivity contribution >= 4 is 21.6 Å². The average molecular weight is 246 g/mol. The van der Waals surface area contributed by atoms with Crippen molar-refractivity contribution in [3.8, 4) is 0 Å². The molecule has 0 bridgehead atoms. The summed E-state index contributed by atoms with van der Waals surface area (Å²) in [6.07, 6.45) is 0. The van der Waals surface area contributed by atoms with E-state index in [9.17, 15) is 4.39 Å². The van der Waals surface area contributed by atoms with Crippen molar-refractivity contribution in [3.05, 3.63) is 28.5 Å². The third-order valence-electron chi connectivity index (χ3n) is 1.63. The molecule has 1 aromatic carbocycles. The molecule has 1 rings (SSSR count). The molecule has 0 atom stereocenters. The Morgan fingerprint density at radius 2 is 2.15 bits per heavy atom. The molecule has 0 heterocycles. The van der Waals surface area contributed by atoms with Crippen molar-refractivity contribution < 1.29 is 4.39 Å². The van der Waals surface area contributed by atoms with Gasteiger partial charge in [-0.15, -0.1) is 0 Å². The fourth-order valence-electron chi connectivity index (χ4n) is 0.947. The first kappa shape index (κ1) is 10.5. The summed E-state index contributed by atoms with van der Waals surface area (Å²) < 4.78 is 14.0. The highest BCUT2D eigenvalue weighted by molar-refractivity contribution is 9.10. The quantitative estimate of drug-likeness (QED) is 0.858. The van der Waals surface area contributed by atoms with Gasteiger partial charge in [-0.25, -0.2) is 4.39 Å². The minimum Gasteiger partial charge on any atom is -0.382 e. The van der Waals surface area contributed by atoms with Crippen molar-refractivity contribution in [2.24, 2.45) is 5.92 Å². The van der Waals surface area contributed by atoms with E-state index in [-0.39, 0.29) is 5.82 Å². The maximum atomic E-state index is 13.2. The Labute approximate surface area is 86.5 Å². The van der Waals surface area contributed by atoms with E-state index in [2.05, 4.69) is 35.1 Å². The lowest BCUT2D eigenvalue weighted by Crippen LogP contribution is -2.08. The Kier molecular flexibility index (Phi) is 3.72. The Morgan fingerprint density at radius 1 is 1.46 bits per heavy atom. The molecular formula is C10H13BrFN. The van der Waals surface area contributed by atoms with Gasteiger partial charge in [0.1, 0.15) is 5.82 Å². The first-order valence-corrected chi connectivity index (χ1v) is 5.08. The summed E-state index contributed by atoms with van der Waals surface area (Å²) in [5, 5.41) is 3.04. The Balaban J connectivity index is 2.67. The van der Waals surface area contributed by atoms with Crippen molar-refractivity contribution in [1.29, 1.82) is 0 Å². The van der Waals surface area contributed by atoms with Gasteiger partial charge in [0.25, 0.3) is 0 Å². The minimum atomic E-state index is -0.213. The summed E-state index contributed by atoms with van der Waals surface area (Å²) >= 11 is 3.21.